The number of ether oxygens (including phenoxy) is 1. The van der Waals surface area contributed by atoms with Crippen molar-refractivity contribution in [3.8, 4) is 0 Å². The van der Waals surface area contributed by atoms with Gasteiger partial charge in [0.25, 0.3) is 5.91 Å². The molecule has 0 saturated carbocycles. The summed E-state index contributed by atoms with van der Waals surface area (Å²) >= 11 is 0. The van der Waals surface area contributed by atoms with Gasteiger partial charge in [0.1, 0.15) is 0 Å². The molecule has 2 aromatic rings. The summed E-state index contributed by atoms with van der Waals surface area (Å²) in [5, 5.41) is 2.78. The first-order valence-corrected chi connectivity index (χ1v) is 5.82. The molecular weight excluding hydrogens is 230 g/mol. The lowest BCUT2D eigenvalue weighted by molar-refractivity contribution is 0.0212. The zero-order valence-corrected chi connectivity index (χ0v) is 10.1. The quantitative estimate of drug-likeness (QED) is 0.824. The molecule has 2 rings (SSSR count). The van der Waals surface area contributed by atoms with Crippen LogP contribution in [0.2, 0.25) is 0 Å². The molecule has 0 spiro atoms. The Balaban J connectivity index is 2.08. The number of hydrogen-bond donors (Lipinski definition) is 1. The van der Waals surface area contributed by atoms with E-state index in [1.54, 1.807) is 30.5 Å². The van der Waals surface area contributed by atoms with Gasteiger partial charge in [-0.1, -0.05) is 18.2 Å². The molecule has 1 aromatic carbocycles. The predicted molar refractivity (Wildman–Crippen MR) is 67.0 cm³/mol. The molecule has 18 heavy (non-hydrogen) atoms. The number of amides is 1. The Hall–Kier alpha value is -2.07. The standard InChI is InChI=1S/C14H15NO3/c1-2-17-14(12-9-6-10-18-12)15-13(16)11-7-4-3-5-8-11/h3-10,14H,2H2,1H3,(H,15,16). The number of furan rings is 1. The van der Waals surface area contributed by atoms with E-state index in [0.717, 1.165) is 0 Å². The van der Waals surface area contributed by atoms with Gasteiger partial charge in [0.15, 0.2) is 12.0 Å². The van der Waals surface area contributed by atoms with E-state index in [-0.39, 0.29) is 5.91 Å². The topological polar surface area (TPSA) is 51.5 Å². The molecule has 0 bridgehead atoms. The van der Waals surface area contributed by atoms with Crippen LogP contribution in [0.25, 0.3) is 0 Å². The Morgan fingerprint density at radius 2 is 2.06 bits per heavy atom. The Morgan fingerprint density at radius 1 is 1.28 bits per heavy atom. The highest BCUT2D eigenvalue weighted by atomic mass is 16.5. The molecule has 0 aliphatic rings. The molecule has 0 aliphatic heterocycles. The third-order valence-corrected chi connectivity index (χ3v) is 2.43. The maximum absolute atomic E-state index is 12.0. The molecule has 1 N–H and O–H groups in total. The van der Waals surface area contributed by atoms with Gasteiger partial charge in [-0.05, 0) is 31.2 Å². The van der Waals surface area contributed by atoms with Crippen LogP contribution < -0.4 is 5.32 Å². The van der Waals surface area contributed by atoms with Crippen LogP contribution in [0.5, 0.6) is 0 Å². The van der Waals surface area contributed by atoms with Gasteiger partial charge in [0, 0.05) is 12.2 Å². The minimum Gasteiger partial charge on any atom is -0.465 e. The molecule has 1 aromatic heterocycles. The van der Waals surface area contributed by atoms with Gasteiger partial charge in [0.2, 0.25) is 0 Å². The summed E-state index contributed by atoms with van der Waals surface area (Å²) in [6.45, 7) is 2.35. The first kappa shape index (κ1) is 12.4. The summed E-state index contributed by atoms with van der Waals surface area (Å²) in [5.74, 6) is 0.395. The monoisotopic (exact) mass is 245 g/mol. The third-order valence-electron chi connectivity index (χ3n) is 2.43. The van der Waals surface area contributed by atoms with Gasteiger partial charge in [0.05, 0.1) is 6.26 Å². The zero-order chi connectivity index (χ0) is 12.8. The van der Waals surface area contributed by atoms with E-state index in [9.17, 15) is 4.79 Å². The van der Waals surface area contributed by atoms with Gasteiger partial charge in [-0.25, -0.2) is 0 Å². The molecular formula is C14H15NO3. The molecule has 4 nitrogen and oxygen atoms in total. The molecule has 1 atom stereocenters. The SMILES string of the molecule is CCOC(NC(=O)c1ccccc1)c1ccco1. The number of benzene rings is 1. The highest BCUT2D eigenvalue weighted by Gasteiger charge is 2.17. The molecule has 1 heterocycles. The van der Waals surface area contributed by atoms with E-state index in [0.29, 0.717) is 17.9 Å². The van der Waals surface area contributed by atoms with Crippen LogP contribution >= 0.6 is 0 Å². The lowest BCUT2D eigenvalue weighted by atomic mass is 10.2. The predicted octanol–water partition coefficient (Wildman–Crippen LogP) is 2.74. The highest BCUT2D eigenvalue weighted by molar-refractivity contribution is 5.94. The van der Waals surface area contributed by atoms with Crippen molar-refractivity contribution >= 4 is 5.91 Å². The average Bonchev–Trinajstić information content (AvgIpc) is 2.93. The smallest absolute Gasteiger partial charge is 0.253 e. The van der Waals surface area contributed by atoms with Crippen LogP contribution in [0, 0.1) is 0 Å². The Morgan fingerprint density at radius 3 is 2.67 bits per heavy atom. The van der Waals surface area contributed by atoms with Crippen LogP contribution in [0.4, 0.5) is 0 Å². The van der Waals surface area contributed by atoms with Crippen molar-refractivity contribution in [3.63, 3.8) is 0 Å². The fourth-order valence-corrected chi connectivity index (χ4v) is 1.59. The Bertz CT molecular complexity index is 479. The van der Waals surface area contributed by atoms with Crippen LogP contribution in [0.15, 0.2) is 53.1 Å². The maximum atomic E-state index is 12.0. The second kappa shape index (κ2) is 6.02. The van der Waals surface area contributed by atoms with Gasteiger partial charge in [-0.15, -0.1) is 0 Å². The lowest BCUT2D eigenvalue weighted by Crippen LogP contribution is -2.30. The van der Waals surface area contributed by atoms with Gasteiger partial charge < -0.3 is 14.5 Å². The zero-order valence-electron chi connectivity index (χ0n) is 10.1. The van der Waals surface area contributed by atoms with E-state index in [1.807, 2.05) is 25.1 Å². The largest absolute Gasteiger partial charge is 0.465 e. The number of rotatable bonds is 5. The van der Waals surface area contributed by atoms with Crippen LogP contribution in [0.1, 0.15) is 29.3 Å². The van der Waals surface area contributed by atoms with Crippen LogP contribution in [0.3, 0.4) is 0 Å². The maximum Gasteiger partial charge on any atom is 0.253 e. The summed E-state index contributed by atoms with van der Waals surface area (Å²) in [5.41, 5.74) is 0.591. The first-order chi connectivity index (χ1) is 8.81. The van der Waals surface area contributed by atoms with E-state index in [1.165, 1.54) is 0 Å². The van der Waals surface area contributed by atoms with Crippen LogP contribution in [-0.2, 0) is 4.74 Å². The summed E-state index contributed by atoms with van der Waals surface area (Å²) < 4.78 is 10.7. The lowest BCUT2D eigenvalue weighted by Gasteiger charge is -2.16. The molecule has 94 valence electrons. The minimum atomic E-state index is -0.558. The van der Waals surface area contributed by atoms with Gasteiger partial charge in [-0.3, -0.25) is 4.79 Å². The number of carbonyl (C=O) groups excluding carboxylic acids is 1. The second-order valence-electron chi connectivity index (χ2n) is 3.69. The number of hydrogen-bond acceptors (Lipinski definition) is 3. The van der Waals surface area contributed by atoms with Crippen molar-refractivity contribution in [2.24, 2.45) is 0 Å². The molecule has 4 heteroatoms. The van der Waals surface area contributed by atoms with E-state index >= 15 is 0 Å². The molecule has 0 saturated heterocycles. The van der Waals surface area contributed by atoms with Crippen molar-refractivity contribution in [1.29, 1.82) is 0 Å². The van der Waals surface area contributed by atoms with E-state index in [4.69, 9.17) is 9.15 Å². The van der Waals surface area contributed by atoms with Crippen molar-refractivity contribution in [1.82, 2.24) is 5.32 Å². The summed E-state index contributed by atoms with van der Waals surface area (Å²) in [7, 11) is 0. The normalized spacial score (nSPS) is 12.1. The summed E-state index contributed by atoms with van der Waals surface area (Å²) in [6, 6.07) is 12.5. The van der Waals surface area contributed by atoms with E-state index in [2.05, 4.69) is 5.32 Å². The summed E-state index contributed by atoms with van der Waals surface area (Å²) in [6.07, 6.45) is 0.994. The fourth-order valence-electron chi connectivity index (χ4n) is 1.59. The number of nitrogens with one attached hydrogen (secondary N) is 1. The van der Waals surface area contributed by atoms with Gasteiger partial charge in [-0.2, -0.15) is 0 Å². The number of carbonyl (C=O) groups is 1. The molecule has 1 unspecified atom stereocenters. The third kappa shape index (κ3) is 2.99. The highest BCUT2D eigenvalue weighted by Crippen LogP contribution is 2.15. The average molecular weight is 245 g/mol. The van der Waals surface area contributed by atoms with Crippen molar-refractivity contribution in [2.75, 3.05) is 6.61 Å². The summed E-state index contributed by atoms with van der Waals surface area (Å²) in [4.78, 5) is 12.0. The molecule has 0 aliphatic carbocycles. The fraction of sp³-hybridized carbons (Fsp3) is 0.214. The van der Waals surface area contributed by atoms with Gasteiger partial charge >= 0.3 is 0 Å². The molecule has 0 fully saturated rings. The van der Waals surface area contributed by atoms with Crippen LogP contribution in [-0.4, -0.2) is 12.5 Å². The molecule has 1 amide bonds. The Labute approximate surface area is 106 Å². The Kier molecular flexibility index (Phi) is 4.15. The molecule has 0 radical (unpaired) electrons. The second-order valence-corrected chi connectivity index (χ2v) is 3.69. The van der Waals surface area contributed by atoms with Crippen molar-refractivity contribution in [2.45, 2.75) is 13.2 Å². The first-order valence-electron chi connectivity index (χ1n) is 5.82. The van der Waals surface area contributed by atoms with Crippen molar-refractivity contribution in [3.05, 3.63) is 60.1 Å². The minimum absolute atomic E-state index is 0.189. The van der Waals surface area contributed by atoms with Crippen molar-refractivity contribution < 1.29 is 13.9 Å². The van der Waals surface area contributed by atoms with E-state index < -0.39 is 6.23 Å².